The average Bonchev–Trinajstić information content (AvgIpc) is 2.74. The molecule has 0 aromatic heterocycles. The minimum atomic E-state index is 0.206. The maximum absolute atomic E-state index is 6.09. The van der Waals surface area contributed by atoms with Gasteiger partial charge in [0, 0.05) is 34.9 Å². The van der Waals surface area contributed by atoms with Crippen molar-refractivity contribution in [3.63, 3.8) is 0 Å². The van der Waals surface area contributed by atoms with E-state index < -0.39 is 0 Å². The van der Waals surface area contributed by atoms with Crippen LogP contribution >= 0.6 is 23.5 Å². The van der Waals surface area contributed by atoms with Crippen molar-refractivity contribution < 1.29 is 4.74 Å². The van der Waals surface area contributed by atoms with E-state index in [-0.39, 0.29) is 5.60 Å². The summed E-state index contributed by atoms with van der Waals surface area (Å²) in [4.78, 5) is 0. The Morgan fingerprint density at radius 1 is 1.47 bits per heavy atom. The van der Waals surface area contributed by atoms with Crippen molar-refractivity contribution in [1.82, 2.24) is 5.32 Å². The van der Waals surface area contributed by atoms with Gasteiger partial charge in [0.15, 0.2) is 0 Å². The van der Waals surface area contributed by atoms with Crippen LogP contribution in [0.5, 0.6) is 0 Å². The average molecular weight is 304 g/mol. The van der Waals surface area contributed by atoms with Crippen molar-refractivity contribution in [1.29, 1.82) is 0 Å². The first-order chi connectivity index (χ1) is 8.89. The molecule has 0 aromatic carbocycles. The Bertz CT molecular complexity index is 284. The highest BCUT2D eigenvalue weighted by Crippen LogP contribution is 2.38. The van der Waals surface area contributed by atoms with Crippen molar-refractivity contribution in [2.24, 2.45) is 0 Å². The molecule has 2 fully saturated rings. The molecule has 0 bridgehead atoms. The topological polar surface area (TPSA) is 21.3 Å². The number of ether oxygens (including phenoxy) is 1. The lowest BCUT2D eigenvalue weighted by atomic mass is 9.89. The van der Waals surface area contributed by atoms with E-state index in [0.717, 1.165) is 6.61 Å². The van der Waals surface area contributed by atoms with Gasteiger partial charge in [-0.2, -0.15) is 23.5 Å². The van der Waals surface area contributed by atoms with Crippen molar-refractivity contribution >= 4 is 23.5 Å². The lowest BCUT2D eigenvalue weighted by Gasteiger charge is -2.39. The molecule has 0 aliphatic carbocycles. The van der Waals surface area contributed by atoms with Crippen molar-refractivity contribution in [2.75, 3.05) is 23.9 Å². The molecule has 0 radical (unpaired) electrons. The van der Waals surface area contributed by atoms with Gasteiger partial charge in [-0.05, 0) is 31.9 Å². The van der Waals surface area contributed by atoms with Gasteiger partial charge in [0.25, 0.3) is 0 Å². The fourth-order valence-electron chi connectivity index (χ4n) is 2.86. The van der Waals surface area contributed by atoms with Crippen molar-refractivity contribution in [3.8, 4) is 0 Å². The van der Waals surface area contributed by atoms with Gasteiger partial charge in [0.05, 0.1) is 5.60 Å². The van der Waals surface area contributed by atoms with E-state index in [9.17, 15) is 0 Å². The summed E-state index contributed by atoms with van der Waals surface area (Å²) in [5, 5.41) is 3.83. The van der Waals surface area contributed by atoms with Crippen LogP contribution in [-0.4, -0.2) is 46.3 Å². The second-order valence-corrected chi connectivity index (χ2v) is 9.97. The van der Waals surface area contributed by atoms with E-state index in [4.69, 9.17) is 4.74 Å². The van der Waals surface area contributed by atoms with Gasteiger partial charge in [0.1, 0.15) is 0 Å². The molecular weight excluding hydrogens is 274 g/mol. The van der Waals surface area contributed by atoms with Gasteiger partial charge in [-0.25, -0.2) is 0 Å². The molecule has 112 valence electrons. The van der Waals surface area contributed by atoms with Crippen LogP contribution in [-0.2, 0) is 4.74 Å². The molecule has 2 aliphatic rings. The van der Waals surface area contributed by atoms with Crippen LogP contribution in [0, 0.1) is 0 Å². The Kier molecular flexibility index (Phi) is 5.55. The molecule has 2 nitrogen and oxygen atoms in total. The molecule has 3 atom stereocenters. The molecular formula is C15H29NOS2. The van der Waals surface area contributed by atoms with Crippen molar-refractivity contribution in [3.05, 3.63) is 0 Å². The second-order valence-electron chi connectivity index (χ2n) is 7.01. The molecule has 0 unspecified atom stereocenters. The lowest BCUT2D eigenvalue weighted by molar-refractivity contribution is -0.0708. The quantitative estimate of drug-likeness (QED) is 0.857. The molecule has 0 amide bonds. The van der Waals surface area contributed by atoms with Crippen LogP contribution in [0.25, 0.3) is 0 Å². The third-order valence-corrected chi connectivity index (χ3v) is 6.60. The highest BCUT2D eigenvalue weighted by molar-refractivity contribution is 8.00. The fourth-order valence-corrected chi connectivity index (χ4v) is 5.08. The van der Waals surface area contributed by atoms with Gasteiger partial charge >= 0.3 is 0 Å². The molecule has 1 spiro atoms. The van der Waals surface area contributed by atoms with E-state index in [1.165, 1.54) is 36.5 Å². The molecule has 19 heavy (non-hydrogen) atoms. The van der Waals surface area contributed by atoms with Gasteiger partial charge < -0.3 is 10.1 Å². The zero-order valence-corrected chi connectivity index (χ0v) is 14.5. The van der Waals surface area contributed by atoms with E-state index in [1.54, 1.807) is 0 Å². The first-order valence-corrected chi connectivity index (χ1v) is 9.64. The van der Waals surface area contributed by atoms with Crippen LogP contribution in [0.2, 0.25) is 0 Å². The maximum Gasteiger partial charge on any atom is 0.0795 e. The SMILES string of the molecule is C[C@H](CSC(C)(C)C)N[C@H]1CCO[C@@]2(CCSC2)C1. The van der Waals surface area contributed by atoms with Crippen molar-refractivity contribution in [2.45, 2.75) is 69.4 Å². The summed E-state index contributed by atoms with van der Waals surface area (Å²) in [6.45, 7) is 10.2. The molecule has 0 aromatic rings. The molecule has 2 saturated heterocycles. The molecule has 1 N–H and O–H groups in total. The van der Waals surface area contributed by atoms with Crippen LogP contribution in [0.3, 0.4) is 0 Å². The second kappa shape index (κ2) is 6.59. The fraction of sp³-hybridized carbons (Fsp3) is 1.00. The summed E-state index contributed by atoms with van der Waals surface area (Å²) in [5.74, 6) is 3.68. The molecule has 2 aliphatic heterocycles. The number of hydrogen-bond acceptors (Lipinski definition) is 4. The van der Waals surface area contributed by atoms with E-state index in [2.05, 4.69) is 56.5 Å². The van der Waals surface area contributed by atoms with Gasteiger partial charge in [0.2, 0.25) is 0 Å². The Balaban J connectivity index is 1.75. The Hall–Kier alpha value is 0.620. The Morgan fingerprint density at radius 2 is 2.26 bits per heavy atom. The Labute approximate surface area is 127 Å². The van der Waals surface area contributed by atoms with E-state index in [0.29, 0.717) is 16.8 Å². The van der Waals surface area contributed by atoms with E-state index >= 15 is 0 Å². The lowest BCUT2D eigenvalue weighted by Crippen LogP contribution is -2.49. The summed E-state index contributed by atoms with van der Waals surface area (Å²) in [6.07, 6.45) is 3.64. The minimum absolute atomic E-state index is 0.206. The smallest absolute Gasteiger partial charge is 0.0795 e. The number of nitrogens with one attached hydrogen (secondary N) is 1. The third-order valence-electron chi connectivity index (χ3n) is 3.85. The molecule has 4 heteroatoms. The third kappa shape index (κ3) is 5.14. The largest absolute Gasteiger partial charge is 0.374 e. The van der Waals surface area contributed by atoms with Gasteiger partial charge in [-0.15, -0.1) is 0 Å². The zero-order chi connectivity index (χ0) is 13.9. The van der Waals surface area contributed by atoms with Crippen LogP contribution in [0.4, 0.5) is 0 Å². The highest BCUT2D eigenvalue weighted by Gasteiger charge is 2.40. The van der Waals surface area contributed by atoms with Gasteiger partial charge in [-0.3, -0.25) is 0 Å². The first kappa shape index (κ1) is 16.0. The normalized spacial score (nSPS) is 33.8. The predicted molar refractivity (Wildman–Crippen MR) is 88.5 cm³/mol. The zero-order valence-electron chi connectivity index (χ0n) is 12.8. The molecule has 2 rings (SSSR count). The Morgan fingerprint density at radius 3 is 2.89 bits per heavy atom. The van der Waals surface area contributed by atoms with E-state index in [1.807, 2.05) is 0 Å². The molecule has 2 heterocycles. The molecule has 0 saturated carbocycles. The monoisotopic (exact) mass is 303 g/mol. The summed E-state index contributed by atoms with van der Waals surface area (Å²) >= 11 is 4.11. The summed E-state index contributed by atoms with van der Waals surface area (Å²) in [5.41, 5.74) is 0.206. The number of thioether (sulfide) groups is 2. The van der Waals surface area contributed by atoms with Gasteiger partial charge in [-0.1, -0.05) is 20.8 Å². The maximum atomic E-state index is 6.09. The number of hydrogen-bond donors (Lipinski definition) is 1. The predicted octanol–water partition coefficient (Wildman–Crippen LogP) is 3.55. The van der Waals surface area contributed by atoms with Crippen LogP contribution in [0.15, 0.2) is 0 Å². The van der Waals surface area contributed by atoms with Crippen LogP contribution < -0.4 is 5.32 Å². The summed E-state index contributed by atoms with van der Waals surface area (Å²) in [7, 11) is 0. The standard InChI is InChI=1S/C15H29NOS2/c1-12(10-19-14(2,3)4)16-13-5-7-17-15(9-13)6-8-18-11-15/h12-13,16H,5-11H2,1-4H3/t12-,13+,15+/m1/s1. The first-order valence-electron chi connectivity index (χ1n) is 7.50. The highest BCUT2D eigenvalue weighted by atomic mass is 32.2. The summed E-state index contributed by atoms with van der Waals surface area (Å²) < 4.78 is 6.46. The summed E-state index contributed by atoms with van der Waals surface area (Å²) in [6, 6.07) is 1.25. The van der Waals surface area contributed by atoms with Crippen LogP contribution in [0.1, 0.15) is 47.0 Å². The minimum Gasteiger partial charge on any atom is -0.374 e. The number of rotatable bonds is 4.